The molecule has 2 aliphatic heterocycles. The predicted molar refractivity (Wildman–Crippen MR) is 391 cm³/mol. The molecular weight excluding hydrogens is 1120 g/mol. The monoisotopic (exact) mass is 1190 g/mol. The lowest BCUT2D eigenvalue weighted by molar-refractivity contribution is 0.590. The number of hydrogen-bond acceptors (Lipinski definition) is 6. The first-order chi connectivity index (χ1) is 42.7. The molecule has 13 aromatic rings. The second-order valence-corrected chi connectivity index (χ2v) is 30.3. The van der Waals surface area contributed by atoms with Crippen molar-refractivity contribution >= 4 is 154 Å². The largest absolute Gasteiger partial charge is 0.310 e. The van der Waals surface area contributed by atoms with Crippen LogP contribution in [0.1, 0.15) is 101 Å². The lowest BCUT2D eigenvalue weighted by Gasteiger charge is -2.46. The van der Waals surface area contributed by atoms with E-state index in [1.54, 1.807) is 0 Å². The van der Waals surface area contributed by atoms with Crippen LogP contribution in [-0.4, -0.2) is 6.71 Å². The maximum Gasteiger partial charge on any atom is 0.252 e. The second kappa shape index (κ2) is 20.9. The van der Waals surface area contributed by atoms with Crippen LogP contribution in [0.25, 0.3) is 40.3 Å². The molecule has 0 bridgehead atoms. The molecule has 4 nitrogen and oxygen atoms in total. The van der Waals surface area contributed by atoms with Crippen LogP contribution in [0.3, 0.4) is 0 Å². The van der Waals surface area contributed by atoms with Crippen molar-refractivity contribution in [3.63, 3.8) is 0 Å². The molecule has 0 amide bonds. The number of thiophene rings is 2. The summed E-state index contributed by atoms with van der Waals surface area (Å²) >= 11 is 3.83. The van der Waals surface area contributed by atoms with E-state index in [0.717, 1.165) is 34.1 Å². The Balaban J connectivity index is 1.07. The van der Waals surface area contributed by atoms with E-state index >= 15 is 0 Å². The van der Waals surface area contributed by atoms with E-state index in [9.17, 15) is 0 Å². The molecule has 0 fully saturated rings. The molecule has 0 saturated carbocycles. The number of hydrogen-bond donors (Lipinski definition) is 0. The summed E-state index contributed by atoms with van der Waals surface area (Å²) in [5, 5.41) is 5.01. The van der Waals surface area contributed by atoms with E-state index in [4.69, 9.17) is 0 Å². The Morgan fingerprint density at radius 2 is 0.742 bits per heavy atom. The molecule has 11 aromatic carbocycles. The van der Waals surface area contributed by atoms with Gasteiger partial charge in [0.25, 0.3) is 6.71 Å². The quantitative estimate of drug-likeness (QED) is 0.141. The highest BCUT2D eigenvalue weighted by atomic mass is 32.1. The summed E-state index contributed by atoms with van der Waals surface area (Å²) in [5.41, 5.74) is 26.3. The van der Waals surface area contributed by atoms with Gasteiger partial charge in [0.15, 0.2) is 0 Å². The molecule has 0 spiro atoms. The Morgan fingerprint density at radius 3 is 1.22 bits per heavy atom. The summed E-state index contributed by atoms with van der Waals surface area (Å²) < 4.78 is 5.05. The van der Waals surface area contributed by atoms with Crippen molar-refractivity contribution in [2.75, 3.05) is 19.6 Å². The summed E-state index contributed by atoms with van der Waals surface area (Å²) in [4.78, 5) is 10.3. The molecule has 15 rings (SSSR count). The van der Waals surface area contributed by atoms with Crippen molar-refractivity contribution < 1.29 is 0 Å². The third kappa shape index (κ3) is 9.54. The van der Waals surface area contributed by atoms with E-state index in [1.165, 1.54) is 130 Å². The van der Waals surface area contributed by atoms with Crippen LogP contribution in [-0.2, 0) is 16.2 Å². The van der Waals surface area contributed by atoms with Crippen LogP contribution >= 0.6 is 22.7 Å². The van der Waals surface area contributed by atoms with Gasteiger partial charge in [-0.1, -0.05) is 194 Å². The predicted octanol–water partition coefficient (Wildman–Crippen LogP) is 22.6. The summed E-state index contributed by atoms with van der Waals surface area (Å²) in [6.45, 7) is 30.0. The van der Waals surface area contributed by atoms with Gasteiger partial charge in [0.2, 0.25) is 0 Å². The number of rotatable bonds is 8. The third-order valence-electron chi connectivity index (χ3n) is 18.7. The SMILES string of the molecule is Cc1ccc(N(c2ccc(C)cc2)c2cc(N3c4ccc(C(C)(C)C)cc4B4c5cc(C(C)(C)C)ccc5N(c5ccc(N(c6ccc(C)cc6)c6ccc(C)cc6)c6c5sc5ccccc56)c5cc(C(C)(C)C)cc3c54)c3sc4ccccc4c3c2)cc1. The van der Waals surface area contributed by atoms with Gasteiger partial charge in [-0.15, -0.1) is 22.7 Å². The second-order valence-electron chi connectivity index (χ2n) is 28.2. The molecule has 0 aliphatic carbocycles. The first-order valence-electron chi connectivity index (χ1n) is 31.5. The maximum absolute atomic E-state index is 2.70. The third-order valence-corrected chi connectivity index (χ3v) is 21.1. The average molecular weight is 1190 g/mol. The van der Waals surface area contributed by atoms with Crippen LogP contribution in [0.5, 0.6) is 0 Å². The van der Waals surface area contributed by atoms with Crippen LogP contribution in [0.4, 0.5) is 68.2 Å². The van der Waals surface area contributed by atoms with E-state index in [1.807, 2.05) is 22.7 Å². The van der Waals surface area contributed by atoms with E-state index in [-0.39, 0.29) is 23.0 Å². The Bertz CT molecular complexity index is 4860. The highest BCUT2D eigenvalue weighted by Crippen LogP contribution is 2.55. The molecule has 89 heavy (non-hydrogen) atoms. The minimum atomic E-state index is -0.229. The maximum atomic E-state index is 2.70. The molecule has 4 heterocycles. The van der Waals surface area contributed by atoms with Gasteiger partial charge in [0.1, 0.15) is 0 Å². The molecule has 0 radical (unpaired) electrons. The van der Waals surface area contributed by atoms with Crippen molar-refractivity contribution in [2.24, 2.45) is 0 Å². The molecular formula is C82H75BN4S2. The van der Waals surface area contributed by atoms with Gasteiger partial charge >= 0.3 is 0 Å². The van der Waals surface area contributed by atoms with Gasteiger partial charge in [-0.2, -0.15) is 0 Å². The van der Waals surface area contributed by atoms with Crippen molar-refractivity contribution in [1.82, 2.24) is 0 Å². The van der Waals surface area contributed by atoms with Gasteiger partial charge in [0.05, 0.1) is 26.5 Å². The Labute approximate surface area is 534 Å². The summed E-state index contributed by atoms with van der Waals surface area (Å²) in [6.07, 6.45) is 0. The first-order valence-corrected chi connectivity index (χ1v) is 33.1. The summed E-state index contributed by atoms with van der Waals surface area (Å²) in [5.74, 6) is 0. The fraction of sp³-hybridized carbons (Fsp3) is 0.195. The first kappa shape index (κ1) is 56.6. The molecule has 0 saturated heterocycles. The van der Waals surface area contributed by atoms with Crippen molar-refractivity contribution in [1.29, 1.82) is 0 Å². The Hall–Kier alpha value is -8.88. The van der Waals surface area contributed by atoms with E-state index in [0.29, 0.717) is 0 Å². The van der Waals surface area contributed by atoms with Crippen LogP contribution in [0, 0.1) is 27.7 Å². The zero-order valence-corrected chi connectivity index (χ0v) is 55.1. The lowest BCUT2D eigenvalue weighted by atomic mass is 9.33. The van der Waals surface area contributed by atoms with Crippen molar-refractivity contribution in [2.45, 2.75) is 106 Å². The van der Waals surface area contributed by atoms with Crippen LogP contribution < -0.4 is 36.0 Å². The number of nitrogens with zero attached hydrogens (tertiary/aromatic N) is 4. The smallest absolute Gasteiger partial charge is 0.252 e. The number of aryl methyl sites for hydroxylation is 4. The Morgan fingerprint density at radius 1 is 0.326 bits per heavy atom. The Kier molecular flexibility index (Phi) is 13.3. The topological polar surface area (TPSA) is 13.0 Å². The van der Waals surface area contributed by atoms with Crippen molar-refractivity contribution in [3.05, 3.63) is 257 Å². The molecule has 438 valence electrons. The highest BCUT2D eigenvalue weighted by Gasteiger charge is 2.46. The number of fused-ring (bicyclic) bond motifs is 10. The summed E-state index contributed by atoms with van der Waals surface area (Å²) in [6, 6.07) is 84.2. The van der Waals surface area contributed by atoms with Gasteiger partial charge in [-0.3, -0.25) is 0 Å². The molecule has 0 N–H and O–H groups in total. The molecule has 2 aliphatic rings. The number of anilines is 12. The van der Waals surface area contributed by atoms with Crippen molar-refractivity contribution in [3.8, 4) is 0 Å². The molecule has 7 heteroatoms. The van der Waals surface area contributed by atoms with Gasteiger partial charge in [0, 0.05) is 82.1 Å². The minimum absolute atomic E-state index is 0.0930. The zero-order chi connectivity index (χ0) is 61.6. The summed E-state index contributed by atoms with van der Waals surface area (Å²) in [7, 11) is 0. The normalized spacial score (nSPS) is 13.2. The molecule has 0 unspecified atom stereocenters. The molecule has 0 atom stereocenters. The lowest BCUT2D eigenvalue weighted by Crippen LogP contribution is -2.61. The van der Waals surface area contributed by atoms with Gasteiger partial charge in [-0.05, 0) is 186 Å². The van der Waals surface area contributed by atoms with E-state index < -0.39 is 0 Å². The van der Waals surface area contributed by atoms with Gasteiger partial charge in [-0.25, -0.2) is 0 Å². The number of benzene rings is 11. The molecule has 2 aromatic heterocycles. The minimum Gasteiger partial charge on any atom is -0.310 e. The average Bonchev–Trinajstić information content (AvgIpc) is 1.23. The van der Waals surface area contributed by atoms with Crippen LogP contribution in [0.2, 0.25) is 0 Å². The fourth-order valence-corrected chi connectivity index (χ4v) is 16.2. The van der Waals surface area contributed by atoms with Crippen LogP contribution in [0.15, 0.2) is 218 Å². The van der Waals surface area contributed by atoms with E-state index in [2.05, 4.69) is 328 Å². The zero-order valence-electron chi connectivity index (χ0n) is 53.5. The standard InChI is InChI=1S/C82H75BN4S2/c1-50-22-32-57(33-23-50)84(58-34-24-51(2)25-35-58)61-48-64-62-18-14-16-20-74(62)88-78(64)73(49-61)87-68-41-31-55(81(8,9)10)45-66(68)83-65-44-54(80(5,6)7)30-40-67(65)86(71-46-56(82(11,12)13)47-72(87)77(71)83)70-43-42-69(76-63-19-15-17-21-75(63)89-79(70)76)85(59-36-26-52(3)27-37-59)60-38-28-53(4)29-39-60/h14-49H,1-13H3. The van der Waals surface area contributed by atoms with Gasteiger partial charge < -0.3 is 19.6 Å². The highest BCUT2D eigenvalue weighted by molar-refractivity contribution is 7.27. The fourth-order valence-electron chi connectivity index (χ4n) is 13.8.